The van der Waals surface area contributed by atoms with Crippen LogP contribution in [-0.2, 0) is 0 Å². The van der Waals surface area contributed by atoms with Gasteiger partial charge in [-0.3, -0.25) is 4.79 Å². The van der Waals surface area contributed by atoms with E-state index < -0.39 is 0 Å². The standard InChI is InChI=1S/C15H12Br3NO/c1-9(10-2-4-11(16)5-3-10)19-15(20)13-8-12(17)6-7-14(13)18/h2-9H,1H3,(H,19,20)/t9-/m1/s1. The van der Waals surface area contributed by atoms with Crippen LogP contribution in [0.1, 0.15) is 28.9 Å². The Kier molecular flexibility index (Phi) is 5.41. The summed E-state index contributed by atoms with van der Waals surface area (Å²) in [5.74, 6) is -0.103. The van der Waals surface area contributed by atoms with Crippen molar-refractivity contribution >= 4 is 53.7 Å². The van der Waals surface area contributed by atoms with Gasteiger partial charge >= 0.3 is 0 Å². The minimum absolute atomic E-state index is 0.0542. The van der Waals surface area contributed by atoms with E-state index >= 15 is 0 Å². The normalized spacial score (nSPS) is 12.0. The molecule has 104 valence electrons. The highest BCUT2D eigenvalue weighted by molar-refractivity contribution is 9.11. The van der Waals surface area contributed by atoms with E-state index in [9.17, 15) is 4.79 Å². The van der Waals surface area contributed by atoms with Gasteiger partial charge in [0.1, 0.15) is 0 Å². The third kappa shape index (κ3) is 3.93. The smallest absolute Gasteiger partial charge is 0.252 e. The molecule has 0 aliphatic heterocycles. The Hall–Kier alpha value is -0.650. The molecule has 2 aromatic carbocycles. The first kappa shape index (κ1) is 15.7. The Morgan fingerprint density at radius 2 is 1.60 bits per heavy atom. The second-order valence-electron chi connectivity index (χ2n) is 4.37. The molecule has 1 amide bonds. The molecule has 2 aromatic rings. The minimum Gasteiger partial charge on any atom is -0.345 e. The Morgan fingerprint density at radius 1 is 1.00 bits per heavy atom. The van der Waals surface area contributed by atoms with Crippen LogP contribution in [0.4, 0.5) is 0 Å². The topological polar surface area (TPSA) is 29.1 Å². The van der Waals surface area contributed by atoms with E-state index in [1.54, 1.807) is 6.07 Å². The monoisotopic (exact) mass is 459 g/mol. The van der Waals surface area contributed by atoms with Gasteiger partial charge in [0.2, 0.25) is 0 Å². The quantitative estimate of drug-likeness (QED) is 0.645. The molecule has 0 aliphatic rings. The van der Waals surface area contributed by atoms with Crippen LogP contribution >= 0.6 is 47.8 Å². The number of carbonyl (C=O) groups excluding carboxylic acids is 1. The largest absolute Gasteiger partial charge is 0.345 e. The van der Waals surface area contributed by atoms with Crippen LogP contribution in [0.3, 0.4) is 0 Å². The zero-order valence-corrected chi connectivity index (χ0v) is 15.4. The molecule has 0 spiro atoms. The van der Waals surface area contributed by atoms with Crippen molar-refractivity contribution in [1.82, 2.24) is 5.32 Å². The van der Waals surface area contributed by atoms with Crippen LogP contribution in [0.5, 0.6) is 0 Å². The molecule has 0 unspecified atom stereocenters. The lowest BCUT2D eigenvalue weighted by atomic mass is 10.1. The first-order valence-electron chi connectivity index (χ1n) is 5.99. The number of nitrogens with one attached hydrogen (secondary N) is 1. The minimum atomic E-state index is -0.103. The average molecular weight is 462 g/mol. The third-order valence-corrected chi connectivity index (χ3v) is 4.60. The predicted octanol–water partition coefficient (Wildman–Crippen LogP) is 5.47. The van der Waals surface area contributed by atoms with Crippen molar-refractivity contribution in [2.75, 3.05) is 0 Å². The van der Waals surface area contributed by atoms with Crippen molar-refractivity contribution < 1.29 is 4.79 Å². The van der Waals surface area contributed by atoms with Crippen molar-refractivity contribution in [3.63, 3.8) is 0 Å². The molecule has 0 radical (unpaired) electrons. The highest BCUT2D eigenvalue weighted by Gasteiger charge is 2.14. The van der Waals surface area contributed by atoms with Gasteiger partial charge < -0.3 is 5.32 Å². The molecule has 0 saturated carbocycles. The van der Waals surface area contributed by atoms with E-state index in [4.69, 9.17) is 0 Å². The maximum atomic E-state index is 12.3. The van der Waals surface area contributed by atoms with E-state index in [1.807, 2.05) is 43.3 Å². The maximum Gasteiger partial charge on any atom is 0.252 e. The van der Waals surface area contributed by atoms with Crippen molar-refractivity contribution in [2.24, 2.45) is 0 Å². The summed E-state index contributed by atoms with van der Waals surface area (Å²) in [6.45, 7) is 1.97. The van der Waals surface area contributed by atoms with Gasteiger partial charge in [-0.25, -0.2) is 0 Å². The molecule has 1 atom stereocenters. The maximum absolute atomic E-state index is 12.3. The number of rotatable bonds is 3. The van der Waals surface area contributed by atoms with Crippen molar-refractivity contribution in [3.05, 3.63) is 67.0 Å². The average Bonchev–Trinajstić information content (AvgIpc) is 2.42. The molecule has 20 heavy (non-hydrogen) atoms. The molecule has 0 aromatic heterocycles. The van der Waals surface area contributed by atoms with Gasteiger partial charge in [-0.05, 0) is 58.7 Å². The molecule has 0 aliphatic carbocycles. The summed E-state index contributed by atoms with van der Waals surface area (Å²) >= 11 is 10.2. The van der Waals surface area contributed by atoms with Gasteiger partial charge in [-0.1, -0.05) is 44.0 Å². The fraction of sp³-hybridized carbons (Fsp3) is 0.133. The van der Waals surface area contributed by atoms with E-state index in [2.05, 4.69) is 53.1 Å². The highest BCUT2D eigenvalue weighted by atomic mass is 79.9. The zero-order valence-electron chi connectivity index (χ0n) is 10.7. The fourth-order valence-corrected chi connectivity index (χ4v) is 2.83. The van der Waals surface area contributed by atoms with Crippen LogP contribution in [0, 0.1) is 0 Å². The fourth-order valence-electron chi connectivity index (χ4n) is 1.78. The zero-order chi connectivity index (χ0) is 14.7. The number of halogens is 3. The molecule has 2 rings (SSSR count). The number of hydrogen-bond donors (Lipinski definition) is 1. The van der Waals surface area contributed by atoms with Gasteiger partial charge in [-0.15, -0.1) is 0 Å². The molecule has 0 heterocycles. The molecular formula is C15H12Br3NO. The summed E-state index contributed by atoms with van der Waals surface area (Å²) in [4.78, 5) is 12.3. The van der Waals surface area contributed by atoms with E-state index in [0.29, 0.717) is 5.56 Å². The molecular weight excluding hydrogens is 450 g/mol. The van der Waals surface area contributed by atoms with E-state index in [0.717, 1.165) is 19.0 Å². The Balaban J connectivity index is 2.15. The molecule has 1 N–H and O–H groups in total. The summed E-state index contributed by atoms with van der Waals surface area (Å²) in [7, 11) is 0. The summed E-state index contributed by atoms with van der Waals surface area (Å²) in [6.07, 6.45) is 0. The lowest BCUT2D eigenvalue weighted by Crippen LogP contribution is -2.26. The molecule has 0 saturated heterocycles. The Morgan fingerprint density at radius 3 is 2.25 bits per heavy atom. The van der Waals surface area contributed by atoms with Crippen LogP contribution < -0.4 is 5.32 Å². The molecule has 2 nitrogen and oxygen atoms in total. The Labute approximate surface area is 143 Å². The van der Waals surface area contributed by atoms with Crippen LogP contribution in [0.2, 0.25) is 0 Å². The number of amides is 1. The molecule has 5 heteroatoms. The summed E-state index contributed by atoms with van der Waals surface area (Å²) in [6, 6.07) is 13.4. The van der Waals surface area contributed by atoms with Gasteiger partial charge in [0.25, 0.3) is 5.91 Å². The van der Waals surface area contributed by atoms with E-state index in [-0.39, 0.29) is 11.9 Å². The van der Waals surface area contributed by atoms with Crippen LogP contribution in [0.25, 0.3) is 0 Å². The first-order valence-corrected chi connectivity index (χ1v) is 8.36. The summed E-state index contributed by atoms with van der Waals surface area (Å²) < 4.78 is 2.68. The first-order chi connectivity index (χ1) is 9.47. The SMILES string of the molecule is C[C@@H](NC(=O)c1cc(Br)ccc1Br)c1ccc(Br)cc1. The van der Waals surface area contributed by atoms with Crippen molar-refractivity contribution in [1.29, 1.82) is 0 Å². The predicted molar refractivity (Wildman–Crippen MR) is 91.9 cm³/mol. The van der Waals surface area contributed by atoms with Gasteiger partial charge in [0.15, 0.2) is 0 Å². The second-order valence-corrected chi connectivity index (χ2v) is 7.06. The summed E-state index contributed by atoms with van der Waals surface area (Å²) in [5, 5.41) is 2.99. The van der Waals surface area contributed by atoms with Gasteiger partial charge in [0.05, 0.1) is 11.6 Å². The second kappa shape index (κ2) is 6.87. The van der Waals surface area contributed by atoms with Crippen molar-refractivity contribution in [2.45, 2.75) is 13.0 Å². The Bertz CT molecular complexity index is 626. The highest BCUT2D eigenvalue weighted by Crippen LogP contribution is 2.23. The summed E-state index contributed by atoms with van der Waals surface area (Å²) in [5.41, 5.74) is 1.68. The van der Waals surface area contributed by atoms with E-state index in [1.165, 1.54) is 0 Å². The number of hydrogen-bond acceptors (Lipinski definition) is 1. The lowest BCUT2D eigenvalue weighted by Gasteiger charge is -2.15. The molecule has 0 bridgehead atoms. The van der Waals surface area contributed by atoms with Crippen LogP contribution in [-0.4, -0.2) is 5.91 Å². The number of carbonyl (C=O) groups is 1. The van der Waals surface area contributed by atoms with Gasteiger partial charge in [-0.2, -0.15) is 0 Å². The third-order valence-electron chi connectivity index (χ3n) is 2.89. The van der Waals surface area contributed by atoms with Gasteiger partial charge in [0, 0.05) is 13.4 Å². The molecule has 0 fully saturated rings. The lowest BCUT2D eigenvalue weighted by molar-refractivity contribution is 0.0939. The van der Waals surface area contributed by atoms with Crippen LogP contribution in [0.15, 0.2) is 55.9 Å². The van der Waals surface area contributed by atoms with Crippen molar-refractivity contribution in [3.8, 4) is 0 Å². The number of benzene rings is 2.